The molecule has 0 radical (unpaired) electrons. The second kappa shape index (κ2) is 8.93. The molecule has 0 amide bonds. The maximum atomic E-state index is 6.38. The number of rotatable bonds is 3. The van der Waals surface area contributed by atoms with Crippen molar-refractivity contribution in [1.29, 1.82) is 0 Å². The van der Waals surface area contributed by atoms with E-state index in [0.717, 1.165) is 12.0 Å². The van der Waals surface area contributed by atoms with Crippen LogP contribution in [0.3, 0.4) is 0 Å². The van der Waals surface area contributed by atoms with E-state index in [1.807, 2.05) is 30.3 Å². The Morgan fingerprint density at radius 2 is 1.50 bits per heavy atom. The molecule has 0 N–H and O–H groups in total. The van der Waals surface area contributed by atoms with Gasteiger partial charge >= 0.3 is 7.12 Å². The van der Waals surface area contributed by atoms with Crippen LogP contribution in [0, 0.1) is 0 Å². The minimum absolute atomic E-state index is 0. The van der Waals surface area contributed by atoms with Gasteiger partial charge in [0.2, 0.25) is 0 Å². The van der Waals surface area contributed by atoms with Crippen LogP contribution in [0.4, 0.5) is 0 Å². The largest absolute Gasteiger partial charge is 0.408 e. The number of fused-ring (bicyclic) bond motifs is 3. The van der Waals surface area contributed by atoms with Crippen LogP contribution in [0.15, 0.2) is 84.9 Å². The van der Waals surface area contributed by atoms with Crippen molar-refractivity contribution in [2.45, 2.75) is 18.8 Å². The Labute approximate surface area is 189 Å². The molecule has 0 unspecified atom stereocenters. The fourth-order valence-corrected chi connectivity index (χ4v) is 4.44. The molecule has 4 aromatic carbocycles. The standard InChI is InChI=1S/C20H19BNO2.C5H5.Fe/c1-22(2)12-14-8-5-11-17(14)21-23-19-15-9-3-6-13-7-4-10-16(18(13)15)20(19)24-21;1-2-4-5-3-1;/h3-11,19-20H,12H2,1-2H3;1-5H;/q2*-1;/t19-,20+;;. The first-order chi connectivity index (χ1) is 14.2. The van der Waals surface area contributed by atoms with Gasteiger partial charge in [-0.3, -0.25) is 0 Å². The number of hydrogen-bond acceptors (Lipinski definition) is 3. The average molecular weight is 437 g/mol. The molecule has 1 aliphatic carbocycles. The molecule has 2 atom stereocenters. The van der Waals surface area contributed by atoms with E-state index in [9.17, 15) is 0 Å². The first-order valence-electron chi connectivity index (χ1n) is 10.1. The Hall–Kier alpha value is -2.14. The van der Waals surface area contributed by atoms with E-state index in [0.29, 0.717) is 0 Å². The zero-order valence-corrected chi connectivity index (χ0v) is 18.2. The smallest absolute Gasteiger partial charge is 0.407 e. The number of benzene rings is 2. The van der Waals surface area contributed by atoms with Gasteiger partial charge in [-0.25, -0.2) is 18.2 Å². The van der Waals surface area contributed by atoms with Crippen LogP contribution in [-0.4, -0.2) is 26.1 Å². The second-order valence-electron chi connectivity index (χ2n) is 7.94. The van der Waals surface area contributed by atoms with E-state index >= 15 is 0 Å². The van der Waals surface area contributed by atoms with Crippen LogP contribution < -0.4 is 5.46 Å². The summed E-state index contributed by atoms with van der Waals surface area (Å²) in [5.41, 5.74) is 4.95. The molecule has 0 aromatic heterocycles. The molecule has 0 bridgehead atoms. The third kappa shape index (κ3) is 3.80. The predicted octanol–water partition coefficient (Wildman–Crippen LogP) is 4.56. The molecular formula is C25H24BFeNO2-2. The molecule has 3 nitrogen and oxygen atoms in total. The van der Waals surface area contributed by atoms with Crippen molar-refractivity contribution in [2.24, 2.45) is 0 Å². The summed E-state index contributed by atoms with van der Waals surface area (Å²) in [6.45, 7) is 0.896. The molecule has 6 rings (SSSR count). The Balaban J connectivity index is 0.000000321. The van der Waals surface area contributed by atoms with Crippen LogP contribution in [0.2, 0.25) is 0 Å². The Morgan fingerprint density at radius 1 is 0.867 bits per heavy atom. The summed E-state index contributed by atoms with van der Waals surface area (Å²) in [4.78, 5) is 2.17. The van der Waals surface area contributed by atoms with Crippen LogP contribution in [-0.2, 0) is 32.9 Å². The normalized spacial score (nSPS) is 18.8. The molecule has 5 heteroatoms. The van der Waals surface area contributed by atoms with E-state index < -0.39 is 0 Å². The SMILES string of the molecule is CN(C)Cc1[cH-]ccc1B1O[C@@H]2c3cccc4cccc(c34)[C@@H]2O1.[Fe].c1cc[cH-]c1. The summed E-state index contributed by atoms with van der Waals surface area (Å²) >= 11 is 0. The van der Waals surface area contributed by atoms with Gasteiger partial charge in [0.1, 0.15) is 0 Å². The minimum atomic E-state index is -0.284. The molecule has 1 aliphatic heterocycles. The molecule has 1 heterocycles. The second-order valence-corrected chi connectivity index (χ2v) is 7.94. The third-order valence-electron chi connectivity index (χ3n) is 5.64. The van der Waals surface area contributed by atoms with Crippen molar-refractivity contribution in [3.8, 4) is 0 Å². The van der Waals surface area contributed by atoms with Gasteiger partial charge in [-0.2, -0.15) is 41.4 Å². The van der Waals surface area contributed by atoms with Crippen molar-refractivity contribution in [2.75, 3.05) is 14.1 Å². The fourth-order valence-electron chi connectivity index (χ4n) is 4.44. The quantitative estimate of drug-likeness (QED) is 0.347. The minimum Gasteiger partial charge on any atom is -0.408 e. The topological polar surface area (TPSA) is 21.7 Å². The van der Waals surface area contributed by atoms with Gasteiger partial charge in [-0.1, -0.05) is 36.4 Å². The molecule has 30 heavy (non-hydrogen) atoms. The zero-order chi connectivity index (χ0) is 19.8. The molecule has 4 aromatic rings. The van der Waals surface area contributed by atoms with Gasteiger partial charge in [0.25, 0.3) is 0 Å². The van der Waals surface area contributed by atoms with Gasteiger partial charge < -0.3 is 14.2 Å². The van der Waals surface area contributed by atoms with Crippen LogP contribution >= 0.6 is 0 Å². The molecule has 1 saturated heterocycles. The molecule has 154 valence electrons. The average Bonchev–Trinajstić information content (AvgIpc) is 3.49. The maximum Gasteiger partial charge on any atom is 0.407 e. The first-order valence-corrected chi connectivity index (χ1v) is 10.1. The van der Waals surface area contributed by atoms with Gasteiger partial charge in [-0.15, -0.1) is 0 Å². The van der Waals surface area contributed by atoms with Gasteiger partial charge in [-0.05, 0) is 42.5 Å². The van der Waals surface area contributed by atoms with Crippen LogP contribution in [0.1, 0.15) is 28.9 Å². The van der Waals surface area contributed by atoms with Gasteiger partial charge in [0.15, 0.2) is 0 Å². The summed E-state index contributed by atoms with van der Waals surface area (Å²) in [7, 11) is 3.88. The predicted molar refractivity (Wildman–Crippen MR) is 118 cm³/mol. The Kier molecular flexibility index (Phi) is 6.28. The van der Waals surface area contributed by atoms with E-state index in [1.165, 1.54) is 27.5 Å². The summed E-state index contributed by atoms with van der Waals surface area (Å²) in [5.74, 6) is 0. The van der Waals surface area contributed by atoms with Crippen molar-refractivity contribution in [3.05, 3.63) is 102 Å². The summed E-state index contributed by atoms with van der Waals surface area (Å²) < 4.78 is 12.8. The Morgan fingerprint density at radius 3 is 2.03 bits per heavy atom. The molecule has 0 spiro atoms. The molecule has 0 saturated carbocycles. The van der Waals surface area contributed by atoms with Crippen LogP contribution in [0.5, 0.6) is 0 Å². The van der Waals surface area contributed by atoms with Crippen molar-refractivity contribution < 1.29 is 26.4 Å². The third-order valence-corrected chi connectivity index (χ3v) is 5.64. The van der Waals surface area contributed by atoms with E-state index in [-0.39, 0.29) is 36.4 Å². The van der Waals surface area contributed by atoms with Crippen molar-refractivity contribution in [1.82, 2.24) is 4.90 Å². The first kappa shape index (κ1) is 21.1. The maximum absolute atomic E-state index is 6.38. The van der Waals surface area contributed by atoms with Crippen molar-refractivity contribution >= 4 is 23.4 Å². The molecule has 2 aliphatic rings. The van der Waals surface area contributed by atoms with Crippen molar-refractivity contribution in [3.63, 3.8) is 0 Å². The van der Waals surface area contributed by atoms with E-state index in [1.54, 1.807) is 0 Å². The summed E-state index contributed by atoms with van der Waals surface area (Å²) in [6.07, 6.45) is -0.00332. The fraction of sp³-hybridized carbons (Fsp3) is 0.200. The number of hydrogen-bond donors (Lipinski definition) is 0. The Bertz CT molecular complexity index is 1040. The van der Waals surface area contributed by atoms with E-state index in [4.69, 9.17) is 9.31 Å². The number of nitrogens with zero attached hydrogens (tertiary/aromatic N) is 1. The molecular weight excluding hydrogens is 413 g/mol. The summed E-state index contributed by atoms with van der Waals surface area (Å²) in [6, 6.07) is 29.3. The van der Waals surface area contributed by atoms with Gasteiger partial charge in [0.05, 0.1) is 12.2 Å². The van der Waals surface area contributed by atoms with Crippen LogP contribution in [0.25, 0.3) is 10.8 Å². The zero-order valence-electron chi connectivity index (χ0n) is 17.1. The van der Waals surface area contributed by atoms with E-state index in [2.05, 4.69) is 73.6 Å². The summed E-state index contributed by atoms with van der Waals surface area (Å²) in [5, 5.41) is 2.58. The monoisotopic (exact) mass is 437 g/mol. The van der Waals surface area contributed by atoms with Gasteiger partial charge in [0, 0.05) is 17.1 Å². The molecule has 1 fully saturated rings.